The van der Waals surface area contributed by atoms with Gasteiger partial charge in [0.1, 0.15) is 0 Å². The number of ether oxygens (including phenoxy) is 1. The summed E-state index contributed by atoms with van der Waals surface area (Å²) in [6, 6.07) is 21.5. The zero-order valence-electron chi connectivity index (χ0n) is 13.0. The van der Waals surface area contributed by atoms with E-state index in [0.29, 0.717) is 6.04 Å². The maximum absolute atomic E-state index is 5.65. The monoisotopic (exact) mass is 283 g/mol. The van der Waals surface area contributed by atoms with E-state index in [0.717, 1.165) is 26.1 Å². The summed E-state index contributed by atoms with van der Waals surface area (Å²) in [7, 11) is 0. The number of hydrogen-bond donors (Lipinski definition) is 0. The van der Waals surface area contributed by atoms with Crippen LogP contribution in [0.2, 0.25) is 0 Å². The topological polar surface area (TPSA) is 12.5 Å². The molecule has 0 radical (unpaired) electrons. The van der Waals surface area contributed by atoms with Crippen molar-refractivity contribution in [1.29, 1.82) is 0 Å². The summed E-state index contributed by atoms with van der Waals surface area (Å²) in [5.74, 6) is 0. The maximum atomic E-state index is 5.65. The van der Waals surface area contributed by atoms with Gasteiger partial charge in [-0.2, -0.15) is 0 Å². The van der Waals surface area contributed by atoms with Crippen LogP contribution in [0.25, 0.3) is 0 Å². The molecule has 0 spiro atoms. The van der Waals surface area contributed by atoms with Gasteiger partial charge in [0.15, 0.2) is 0 Å². The molecule has 0 N–H and O–H groups in total. The highest BCUT2D eigenvalue weighted by molar-refractivity contribution is 5.63. The quantitative estimate of drug-likeness (QED) is 0.630. The van der Waals surface area contributed by atoms with Crippen LogP contribution in [0, 0.1) is 0 Å². The van der Waals surface area contributed by atoms with Crippen LogP contribution in [-0.4, -0.2) is 19.3 Å². The Morgan fingerprint density at radius 3 is 1.86 bits per heavy atom. The van der Waals surface area contributed by atoms with Crippen molar-refractivity contribution in [3.63, 3.8) is 0 Å². The van der Waals surface area contributed by atoms with Crippen LogP contribution in [0.1, 0.15) is 26.7 Å². The van der Waals surface area contributed by atoms with Crippen LogP contribution < -0.4 is 4.90 Å². The Morgan fingerprint density at radius 2 is 1.38 bits per heavy atom. The summed E-state index contributed by atoms with van der Waals surface area (Å²) in [6.07, 6.45) is 2.10. The van der Waals surface area contributed by atoms with E-state index in [9.17, 15) is 0 Å². The summed E-state index contributed by atoms with van der Waals surface area (Å²) < 4.78 is 5.65. The fourth-order valence-electron chi connectivity index (χ4n) is 2.46. The second-order valence-corrected chi connectivity index (χ2v) is 5.29. The number of rotatable bonds is 8. The second-order valence-electron chi connectivity index (χ2n) is 5.29. The molecule has 2 aromatic carbocycles. The molecule has 0 saturated heterocycles. The van der Waals surface area contributed by atoms with Gasteiger partial charge in [0, 0.05) is 30.6 Å². The maximum Gasteiger partial charge on any atom is 0.0485 e. The van der Waals surface area contributed by atoms with Crippen molar-refractivity contribution in [2.45, 2.75) is 32.7 Å². The molecule has 0 fully saturated rings. The van der Waals surface area contributed by atoms with Crippen LogP contribution >= 0.6 is 0 Å². The minimum Gasteiger partial charge on any atom is -0.381 e. The molecular formula is C19H25NO. The third kappa shape index (κ3) is 4.61. The van der Waals surface area contributed by atoms with Gasteiger partial charge in [-0.1, -0.05) is 43.3 Å². The zero-order chi connectivity index (χ0) is 14.9. The SMILES string of the molecule is CCCOCCC(C)N(c1ccccc1)c1ccccc1. The first-order valence-corrected chi connectivity index (χ1v) is 7.80. The Hall–Kier alpha value is -1.80. The summed E-state index contributed by atoms with van der Waals surface area (Å²) in [5, 5.41) is 0. The number of para-hydroxylation sites is 2. The molecule has 1 atom stereocenters. The molecule has 1 unspecified atom stereocenters. The van der Waals surface area contributed by atoms with Crippen molar-refractivity contribution >= 4 is 11.4 Å². The van der Waals surface area contributed by atoms with E-state index in [1.807, 2.05) is 0 Å². The summed E-state index contributed by atoms with van der Waals surface area (Å²) in [4.78, 5) is 2.38. The Morgan fingerprint density at radius 1 is 0.857 bits per heavy atom. The molecule has 0 aliphatic carbocycles. The van der Waals surface area contributed by atoms with Crippen LogP contribution in [0.5, 0.6) is 0 Å². The lowest BCUT2D eigenvalue weighted by molar-refractivity contribution is 0.129. The molecule has 2 heteroatoms. The van der Waals surface area contributed by atoms with Gasteiger partial charge >= 0.3 is 0 Å². The van der Waals surface area contributed by atoms with E-state index in [-0.39, 0.29) is 0 Å². The van der Waals surface area contributed by atoms with Gasteiger partial charge in [0.2, 0.25) is 0 Å². The summed E-state index contributed by atoms with van der Waals surface area (Å²) in [5.41, 5.74) is 2.46. The summed E-state index contributed by atoms with van der Waals surface area (Å²) >= 11 is 0. The molecule has 2 aromatic rings. The van der Waals surface area contributed by atoms with Crippen molar-refractivity contribution in [3.8, 4) is 0 Å². The number of anilines is 2. The van der Waals surface area contributed by atoms with E-state index < -0.39 is 0 Å². The van der Waals surface area contributed by atoms with Crippen molar-refractivity contribution in [1.82, 2.24) is 0 Å². The van der Waals surface area contributed by atoms with E-state index >= 15 is 0 Å². The van der Waals surface area contributed by atoms with Gasteiger partial charge in [-0.3, -0.25) is 0 Å². The van der Waals surface area contributed by atoms with Crippen molar-refractivity contribution in [3.05, 3.63) is 60.7 Å². The first-order chi connectivity index (χ1) is 10.3. The fourth-order valence-corrected chi connectivity index (χ4v) is 2.46. The molecule has 0 aromatic heterocycles. The lowest BCUT2D eigenvalue weighted by Crippen LogP contribution is -2.29. The van der Waals surface area contributed by atoms with Gasteiger partial charge < -0.3 is 9.64 Å². The molecule has 0 saturated carbocycles. The predicted molar refractivity (Wildman–Crippen MR) is 90.2 cm³/mol. The average molecular weight is 283 g/mol. The molecule has 2 rings (SSSR count). The largest absolute Gasteiger partial charge is 0.381 e. The Labute approximate surface area is 128 Å². The Kier molecular flexibility index (Phi) is 6.29. The molecule has 0 aliphatic heterocycles. The van der Waals surface area contributed by atoms with E-state index in [1.54, 1.807) is 0 Å². The first kappa shape index (κ1) is 15.6. The lowest BCUT2D eigenvalue weighted by Gasteiger charge is -2.31. The highest BCUT2D eigenvalue weighted by Crippen LogP contribution is 2.28. The van der Waals surface area contributed by atoms with Gasteiger partial charge in [-0.05, 0) is 44.0 Å². The standard InChI is InChI=1S/C19H25NO/c1-3-15-21-16-14-17(2)20(18-10-6-4-7-11-18)19-12-8-5-9-13-19/h4-13,17H,3,14-16H2,1-2H3. The molecular weight excluding hydrogens is 258 g/mol. The Bertz CT molecular complexity index is 458. The smallest absolute Gasteiger partial charge is 0.0485 e. The number of nitrogens with zero attached hydrogens (tertiary/aromatic N) is 1. The molecule has 0 amide bonds. The average Bonchev–Trinajstić information content (AvgIpc) is 2.54. The van der Waals surface area contributed by atoms with Crippen LogP contribution in [0.4, 0.5) is 11.4 Å². The minimum absolute atomic E-state index is 0.395. The normalized spacial score (nSPS) is 12.1. The fraction of sp³-hybridized carbons (Fsp3) is 0.368. The molecule has 0 bridgehead atoms. The van der Waals surface area contributed by atoms with Crippen LogP contribution in [0.15, 0.2) is 60.7 Å². The molecule has 2 nitrogen and oxygen atoms in total. The zero-order valence-corrected chi connectivity index (χ0v) is 13.0. The number of benzene rings is 2. The third-order valence-electron chi connectivity index (χ3n) is 3.54. The van der Waals surface area contributed by atoms with Crippen molar-refractivity contribution in [2.75, 3.05) is 18.1 Å². The molecule has 21 heavy (non-hydrogen) atoms. The van der Waals surface area contributed by atoms with Gasteiger partial charge in [-0.25, -0.2) is 0 Å². The highest BCUT2D eigenvalue weighted by Gasteiger charge is 2.16. The van der Waals surface area contributed by atoms with E-state index in [4.69, 9.17) is 4.74 Å². The third-order valence-corrected chi connectivity index (χ3v) is 3.54. The molecule has 112 valence electrons. The van der Waals surface area contributed by atoms with E-state index in [1.165, 1.54) is 11.4 Å². The highest BCUT2D eigenvalue weighted by atomic mass is 16.5. The first-order valence-electron chi connectivity index (χ1n) is 7.80. The number of hydrogen-bond acceptors (Lipinski definition) is 2. The molecule has 0 aliphatic rings. The summed E-state index contributed by atoms with van der Waals surface area (Å²) in [6.45, 7) is 6.06. The van der Waals surface area contributed by atoms with Crippen LogP contribution in [0.3, 0.4) is 0 Å². The van der Waals surface area contributed by atoms with Gasteiger partial charge in [0.05, 0.1) is 0 Å². The van der Waals surface area contributed by atoms with Gasteiger partial charge in [0.25, 0.3) is 0 Å². The van der Waals surface area contributed by atoms with E-state index in [2.05, 4.69) is 79.4 Å². The molecule has 0 heterocycles. The van der Waals surface area contributed by atoms with Crippen LogP contribution in [-0.2, 0) is 4.74 Å². The lowest BCUT2D eigenvalue weighted by atomic mass is 10.1. The predicted octanol–water partition coefficient (Wildman–Crippen LogP) is 5.03. The Balaban J connectivity index is 2.13. The van der Waals surface area contributed by atoms with Crippen molar-refractivity contribution in [2.24, 2.45) is 0 Å². The second kappa shape index (κ2) is 8.48. The minimum atomic E-state index is 0.395. The van der Waals surface area contributed by atoms with Crippen molar-refractivity contribution < 1.29 is 4.74 Å². The van der Waals surface area contributed by atoms with Gasteiger partial charge in [-0.15, -0.1) is 0 Å².